The van der Waals surface area contributed by atoms with Gasteiger partial charge in [0.1, 0.15) is 0 Å². The summed E-state index contributed by atoms with van der Waals surface area (Å²) in [5.74, 6) is 0.0315. The number of hydrogen-bond donors (Lipinski definition) is 0. The third-order valence-corrected chi connectivity index (χ3v) is 5.24. The van der Waals surface area contributed by atoms with Crippen LogP contribution in [0.15, 0.2) is 22.1 Å². The maximum Gasteiger partial charge on any atom is 0.281 e. The molecular weight excluding hydrogens is 344 g/mol. The van der Waals surface area contributed by atoms with Crippen molar-refractivity contribution in [2.24, 2.45) is 9.98 Å². The minimum absolute atomic E-state index is 0.171. The van der Waals surface area contributed by atoms with Crippen molar-refractivity contribution < 1.29 is 9.59 Å². The molecule has 1 fully saturated rings. The van der Waals surface area contributed by atoms with Crippen LogP contribution in [-0.4, -0.2) is 76.3 Å². The summed E-state index contributed by atoms with van der Waals surface area (Å²) in [4.78, 5) is 36.9. The molecule has 0 unspecified atom stereocenters. The van der Waals surface area contributed by atoms with Crippen molar-refractivity contribution in [1.29, 1.82) is 0 Å². The highest BCUT2D eigenvalue weighted by Gasteiger charge is 2.23. The highest BCUT2D eigenvalue weighted by Crippen LogP contribution is 2.18. The first-order valence-electron chi connectivity index (χ1n) is 9.17. The van der Waals surface area contributed by atoms with Crippen molar-refractivity contribution in [2.75, 3.05) is 33.2 Å². The van der Waals surface area contributed by atoms with Gasteiger partial charge in [-0.25, -0.2) is 9.67 Å². The number of likely N-dealkylation sites (N-methyl/N-ethyl adjacent to an activating group) is 1. The largest absolute Gasteiger partial charge is 0.340 e. The predicted molar refractivity (Wildman–Crippen MR) is 104 cm³/mol. The van der Waals surface area contributed by atoms with Gasteiger partial charge in [-0.1, -0.05) is 6.58 Å². The summed E-state index contributed by atoms with van der Waals surface area (Å²) in [6.07, 6.45) is 1.06. The molecule has 1 saturated heterocycles. The van der Waals surface area contributed by atoms with Crippen LogP contribution in [0.2, 0.25) is 0 Å². The average Bonchev–Trinajstić information content (AvgIpc) is 2.92. The highest BCUT2D eigenvalue weighted by molar-refractivity contribution is 6.27. The summed E-state index contributed by atoms with van der Waals surface area (Å²) in [6, 6.07) is 0. The zero-order valence-electron chi connectivity index (χ0n) is 16.4. The van der Waals surface area contributed by atoms with E-state index in [1.54, 1.807) is 11.6 Å². The first-order valence-corrected chi connectivity index (χ1v) is 9.17. The van der Waals surface area contributed by atoms with Crippen molar-refractivity contribution in [2.45, 2.75) is 33.6 Å². The van der Waals surface area contributed by atoms with Gasteiger partial charge in [0.2, 0.25) is 5.91 Å². The molecule has 3 heterocycles. The fourth-order valence-corrected chi connectivity index (χ4v) is 3.33. The van der Waals surface area contributed by atoms with Gasteiger partial charge in [0, 0.05) is 38.3 Å². The molecule has 0 spiro atoms. The lowest BCUT2D eigenvalue weighted by atomic mass is 10.1. The van der Waals surface area contributed by atoms with Crippen molar-refractivity contribution in [3.05, 3.63) is 29.1 Å². The number of amides is 2. The van der Waals surface area contributed by atoms with E-state index in [9.17, 15) is 9.59 Å². The highest BCUT2D eigenvalue weighted by atomic mass is 16.2. The lowest BCUT2D eigenvalue weighted by Crippen LogP contribution is -2.47. The fourth-order valence-electron chi connectivity index (χ4n) is 3.33. The Kier molecular flexibility index (Phi) is 5.36. The molecule has 0 bridgehead atoms. The molecule has 2 aliphatic heterocycles. The predicted octanol–water partition coefficient (Wildman–Crippen LogP) is 0.968. The monoisotopic (exact) mass is 370 g/mol. The number of piperazine rings is 1. The number of hydrogen-bond acceptors (Lipinski definition) is 5. The minimum Gasteiger partial charge on any atom is -0.340 e. The number of carbonyl (C=O) groups excluding carboxylic acids is 2. The molecule has 1 aromatic rings. The third-order valence-electron chi connectivity index (χ3n) is 5.24. The summed E-state index contributed by atoms with van der Waals surface area (Å²) in [5, 5.41) is 4.49. The maximum absolute atomic E-state index is 12.5. The number of aryl methyl sites for hydroxylation is 1. The molecule has 0 saturated carbocycles. The van der Waals surface area contributed by atoms with Crippen LogP contribution in [0.1, 0.15) is 30.3 Å². The van der Waals surface area contributed by atoms with E-state index in [1.165, 1.54) is 0 Å². The van der Waals surface area contributed by atoms with Gasteiger partial charge >= 0.3 is 0 Å². The molecule has 8 nitrogen and oxygen atoms in total. The molecule has 0 radical (unpaired) electrons. The molecule has 3 rings (SSSR count). The van der Waals surface area contributed by atoms with Gasteiger partial charge in [-0.2, -0.15) is 10.1 Å². The van der Waals surface area contributed by atoms with E-state index in [1.807, 2.05) is 18.7 Å². The maximum atomic E-state index is 12.5. The number of nitrogens with zero attached hydrogens (tertiary/aromatic N) is 6. The third kappa shape index (κ3) is 3.90. The summed E-state index contributed by atoms with van der Waals surface area (Å²) in [7, 11) is 2.07. The Morgan fingerprint density at radius 1 is 1.11 bits per heavy atom. The van der Waals surface area contributed by atoms with Gasteiger partial charge in [-0.3, -0.25) is 9.59 Å². The molecule has 0 atom stereocenters. The molecule has 0 aromatic carbocycles. The van der Waals surface area contributed by atoms with Crippen LogP contribution in [0, 0.1) is 13.8 Å². The molecule has 1 aromatic heterocycles. The van der Waals surface area contributed by atoms with Gasteiger partial charge < -0.3 is 9.80 Å². The smallest absolute Gasteiger partial charge is 0.281 e. The van der Waals surface area contributed by atoms with Gasteiger partial charge in [0.15, 0.2) is 0 Å². The van der Waals surface area contributed by atoms with Crippen LogP contribution in [-0.2, 0) is 16.0 Å². The van der Waals surface area contributed by atoms with E-state index < -0.39 is 5.91 Å². The molecule has 8 heteroatoms. The standard InChI is InChI=1S/C19H26N6O2/c1-12-13(2)20-19(21-18(12)27)25-15(4)16(14(3)22-25)6-7-17(26)24-10-8-23(5)9-11-24/h1,6-11H2,2-5H3. The van der Waals surface area contributed by atoms with Crippen LogP contribution >= 0.6 is 0 Å². The van der Waals surface area contributed by atoms with Gasteiger partial charge in [-0.05, 0) is 39.8 Å². The zero-order valence-corrected chi connectivity index (χ0v) is 16.4. The van der Waals surface area contributed by atoms with Gasteiger partial charge in [0.05, 0.1) is 17.0 Å². The van der Waals surface area contributed by atoms with E-state index >= 15 is 0 Å². The van der Waals surface area contributed by atoms with Crippen molar-refractivity contribution in [3.8, 4) is 0 Å². The van der Waals surface area contributed by atoms with E-state index in [-0.39, 0.29) is 11.9 Å². The summed E-state index contributed by atoms with van der Waals surface area (Å²) in [5.41, 5.74) is 3.54. The Balaban J connectivity index is 1.73. The van der Waals surface area contributed by atoms with Crippen molar-refractivity contribution in [3.63, 3.8) is 0 Å². The van der Waals surface area contributed by atoms with Crippen LogP contribution in [0.4, 0.5) is 0 Å². The van der Waals surface area contributed by atoms with Crippen LogP contribution < -0.4 is 0 Å². The second-order valence-electron chi connectivity index (χ2n) is 7.14. The van der Waals surface area contributed by atoms with E-state index in [4.69, 9.17) is 0 Å². The van der Waals surface area contributed by atoms with E-state index in [2.05, 4.69) is 33.6 Å². The van der Waals surface area contributed by atoms with Gasteiger partial charge in [0.25, 0.3) is 11.9 Å². The molecule has 0 aliphatic carbocycles. The molecule has 2 amide bonds. The zero-order chi connectivity index (χ0) is 19.7. The molecule has 144 valence electrons. The summed E-state index contributed by atoms with van der Waals surface area (Å²) in [6.45, 7) is 12.6. The number of aromatic nitrogens is 2. The Morgan fingerprint density at radius 3 is 2.41 bits per heavy atom. The van der Waals surface area contributed by atoms with Crippen molar-refractivity contribution in [1.82, 2.24) is 19.6 Å². The van der Waals surface area contributed by atoms with Gasteiger partial charge in [-0.15, -0.1) is 0 Å². The average molecular weight is 370 g/mol. The topological polar surface area (TPSA) is 83.2 Å². The normalized spacial score (nSPS) is 18.6. The van der Waals surface area contributed by atoms with E-state index in [0.717, 1.165) is 43.1 Å². The lowest BCUT2D eigenvalue weighted by Gasteiger charge is -2.32. The molecule has 0 N–H and O–H groups in total. The minimum atomic E-state index is -0.392. The Morgan fingerprint density at radius 2 is 1.78 bits per heavy atom. The summed E-state index contributed by atoms with van der Waals surface area (Å²) < 4.78 is 1.58. The molecule has 2 aliphatic rings. The quantitative estimate of drug-likeness (QED) is 0.742. The second-order valence-corrected chi connectivity index (χ2v) is 7.14. The Hall–Kier alpha value is -2.61. The summed E-state index contributed by atoms with van der Waals surface area (Å²) >= 11 is 0. The number of carbonyl (C=O) groups is 2. The lowest BCUT2D eigenvalue weighted by molar-refractivity contribution is -0.132. The molecular formula is C19H26N6O2. The van der Waals surface area contributed by atoms with Crippen molar-refractivity contribution >= 4 is 23.5 Å². The SMILES string of the molecule is C=C1C(=O)N=C(n2nc(C)c(CCC(=O)N3CCN(C)CC3)c2C)N=C1C. The molecule has 27 heavy (non-hydrogen) atoms. The number of aliphatic imine (C=N–C) groups is 2. The second kappa shape index (κ2) is 7.56. The van der Waals surface area contributed by atoms with E-state index in [0.29, 0.717) is 24.1 Å². The number of rotatable bonds is 3. The Bertz CT molecular complexity index is 856. The van der Waals surface area contributed by atoms with Crippen LogP contribution in [0.5, 0.6) is 0 Å². The first-order chi connectivity index (χ1) is 12.8. The Labute approximate surface area is 159 Å². The fraction of sp³-hybridized carbons (Fsp3) is 0.526. The first kappa shape index (κ1) is 19.2. The van der Waals surface area contributed by atoms with Crippen LogP contribution in [0.3, 0.4) is 0 Å². The van der Waals surface area contributed by atoms with Crippen LogP contribution in [0.25, 0.3) is 0 Å².